The van der Waals surface area contributed by atoms with Gasteiger partial charge in [-0.2, -0.15) is 0 Å². The van der Waals surface area contributed by atoms with E-state index in [0.717, 1.165) is 12.8 Å². The van der Waals surface area contributed by atoms with Crippen LogP contribution >= 0.6 is 0 Å². The minimum atomic E-state index is 0.154. The molecule has 1 aromatic heterocycles. The van der Waals surface area contributed by atoms with Crippen molar-refractivity contribution in [3.05, 3.63) is 37.2 Å². The second-order valence-electron chi connectivity index (χ2n) is 2.66. The van der Waals surface area contributed by atoms with Crippen molar-refractivity contribution in [1.82, 2.24) is 4.57 Å². The zero-order chi connectivity index (χ0) is 8.81. The predicted molar refractivity (Wildman–Crippen MR) is 49.1 cm³/mol. The van der Waals surface area contributed by atoms with Gasteiger partial charge in [0.1, 0.15) is 0 Å². The molecule has 1 aromatic rings. The lowest BCUT2D eigenvalue weighted by atomic mass is 10.2. The molecule has 12 heavy (non-hydrogen) atoms. The molecule has 0 unspecified atom stereocenters. The van der Waals surface area contributed by atoms with Crippen molar-refractivity contribution in [3.8, 4) is 0 Å². The third-order valence-electron chi connectivity index (χ3n) is 1.69. The number of hydrogen-bond acceptors (Lipinski definition) is 1. The summed E-state index contributed by atoms with van der Waals surface area (Å²) in [6.45, 7) is 3.60. The van der Waals surface area contributed by atoms with Gasteiger partial charge in [-0.1, -0.05) is 6.08 Å². The molecule has 0 aliphatic heterocycles. The van der Waals surface area contributed by atoms with Gasteiger partial charge in [0.25, 0.3) is 0 Å². The van der Waals surface area contributed by atoms with Crippen LogP contribution in [0.3, 0.4) is 0 Å². The standard InChI is InChI=1S/C10H13NO/c1-2-3-4-7-10(12)11-8-5-6-9-11/h2,5-6,8-9H,1,3-4,7H2. The summed E-state index contributed by atoms with van der Waals surface area (Å²) in [7, 11) is 0. The molecule has 0 saturated heterocycles. The number of allylic oxidation sites excluding steroid dienone is 1. The molecule has 0 aliphatic rings. The largest absolute Gasteiger partial charge is 0.295 e. The van der Waals surface area contributed by atoms with Crippen LogP contribution in [0.1, 0.15) is 24.1 Å². The van der Waals surface area contributed by atoms with E-state index in [4.69, 9.17) is 0 Å². The Kier molecular flexibility index (Phi) is 3.33. The van der Waals surface area contributed by atoms with Gasteiger partial charge in [0, 0.05) is 18.8 Å². The average molecular weight is 163 g/mol. The van der Waals surface area contributed by atoms with Crippen LogP contribution in [0, 0.1) is 0 Å². The minimum Gasteiger partial charge on any atom is -0.295 e. The first-order chi connectivity index (χ1) is 5.84. The van der Waals surface area contributed by atoms with E-state index in [1.165, 1.54) is 0 Å². The Bertz CT molecular complexity index is 249. The van der Waals surface area contributed by atoms with Crippen molar-refractivity contribution in [3.63, 3.8) is 0 Å². The van der Waals surface area contributed by atoms with Crippen molar-refractivity contribution in [1.29, 1.82) is 0 Å². The molecule has 0 fully saturated rings. The van der Waals surface area contributed by atoms with Gasteiger partial charge in [-0.05, 0) is 25.0 Å². The number of nitrogens with zero attached hydrogens (tertiary/aromatic N) is 1. The molecule has 0 amide bonds. The van der Waals surface area contributed by atoms with Crippen molar-refractivity contribution in [2.75, 3.05) is 0 Å². The molecule has 0 N–H and O–H groups in total. The van der Waals surface area contributed by atoms with Gasteiger partial charge in [-0.15, -0.1) is 6.58 Å². The third kappa shape index (κ3) is 2.38. The summed E-state index contributed by atoms with van der Waals surface area (Å²) in [4.78, 5) is 11.3. The molecule has 64 valence electrons. The fourth-order valence-corrected chi connectivity index (χ4v) is 1.03. The first kappa shape index (κ1) is 8.78. The maximum absolute atomic E-state index is 11.3. The van der Waals surface area contributed by atoms with Gasteiger partial charge in [0.2, 0.25) is 5.91 Å². The predicted octanol–water partition coefficient (Wildman–Crippen LogP) is 2.48. The number of carbonyl (C=O) groups is 1. The van der Waals surface area contributed by atoms with Crippen molar-refractivity contribution in [2.45, 2.75) is 19.3 Å². The van der Waals surface area contributed by atoms with Crippen LogP contribution in [0.25, 0.3) is 0 Å². The summed E-state index contributed by atoms with van der Waals surface area (Å²) < 4.78 is 1.61. The SMILES string of the molecule is C=CCCCC(=O)n1cccc1. The van der Waals surface area contributed by atoms with E-state index < -0.39 is 0 Å². The van der Waals surface area contributed by atoms with Crippen LogP contribution in [0.5, 0.6) is 0 Å². The summed E-state index contributed by atoms with van der Waals surface area (Å²) in [6.07, 6.45) is 7.78. The second-order valence-corrected chi connectivity index (χ2v) is 2.66. The van der Waals surface area contributed by atoms with E-state index in [1.54, 1.807) is 17.0 Å². The quantitative estimate of drug-likeness (QED) is 0.493. The Balaban J connectivity index is 2.34. The highest BCUT2D eigenvalue weighted by Gasteiger charge is 2.00. The Morgan fingerprint density at radius 2 is 2.08 bits per heavy atom. The van der Waals surface area contributed by atoms with Gasteiger partial charge >= 0.3 is 0 Å². The Labute approximate surface area is 72.5 Å². The van der Waals surface area contributed by atoms with Gasteiger partial charge in [-0.3, -0.25) is 9.36 Å². The highest BCUT2D eigenvalue weighted by atomic mass is 16.1. The monoisotopic (exact) mass is 163 g/mol. The topological polar surface area (TPSA) is 22.0 Å². The highest BCUT2D eigenvalue weighted by Crippen LogP contribution is 2.00. The van der Waals surface area contributed by atoms with E-state index in [9.17, 15) is 4.79 Å². The van der Waals surface area contributed by atoms with Crippen LogP contribution in [0.15, 0.2) is 37.2 Å². The molecular weight excluding hydrogens is 150 g/mol. The van der Waals surface area contributed by atoms with Gasteiger partial charge in [-0.25, -0.2) is 0 Å². The van der Waals surface area contributed by atoms with Crippen molar-refractivity contribution in [2.24, 2.45) is 0 Å². The molecule has 1 heterocycles. The van der Waals surface area contributed by atoms with Gasteiger partial charge < -0.3 is 0 Å². The van der Waals surface area contributed by atoms with Crippen LogP contribution < -0.4 is 0 Å². The molecule has 0 saturated carbocycles. The minimum absolute atomic E-state index is 0.154. The lowest BCUT2D eigenvalue weighted by molar-refractivity contribution is 0.0901. The number of rotatable bonds is 4. The number of carbonyl (C=O) groups excluding carboxylic acids is 1. The zero-order valence-corrected chi connectivity index (χ0v) is 7.07. The Morgan fingerprint density at radius 1 is 1.42 bits per heavy atom. The second kappa shape index (κ2) is 4.54. The zero-order valence-electron chi connectivity index (χ0n) is 7.07. The van der Waals surface area contributed by atoms with E-state index in [-0.39, 0.29) is 5.91 Å². The number of hydrogen-bond donors (Lipinski definition) is 0. The summed E-state index contributed by atoms with van der Waals surface area (Å²) >= 11 is 0. The Hall–Kier alpha value is -1.31. The van der Waals surface area contributed by atoms with Crippen LogP contribution in [0.4, 0.5) is 0 Å². The summed E-state index contributed by atoms with van der Waals surface area (Å²) in [5.74, 6) is 0.154. The smallest absolute Gasteiger partial charge is 0.230 e. The maximum Gasteiger partial charge on any atom is 0.230 e. The summed E-state index contributed by atoms with van der Waals surface area (Å²) in [5, 5.41) is 0. The van der Waals surface area contributed by atoms with Crippen LogP contribution in [-0.2, 0) is 0 Å². The fraction of sp³-hybridized carbons (Fsp3) is 0.300. The highest BCUT2D eigenvalue weighted by molar-refractivity contribution is 5.78. The van der Waals surface area contributed by atoms with Gasteiger partial charge in [0.05, 0.1) is 0 Å². The van der Waals surface area contributed by atoms with Gasteiger partial charge in [0.15, 0.2) is 0 Å². The number of aromatic nitrogens is 1. The molecule has 0 aromatic carbocycles. The normalized spacial score (nSPS) is 9.67. The molecular formula is C10H13NO. The van der Waals surface area contributed by atoms with E-state index >= 15 is 0 Å². The molecule has 0 aliphatic carbocycles. The number of unbranched alkanes of at least 4 members (excludes halogenated alkanes) is 1. The molecule has 0 spiro atoms. The molecule has 0 bridgehead atoms. The maximum atomic E-state index is 11.3. The first-order valence-corrected chi connectivity index (χ1v) is 4.11. The van der Waals surface area contributed by atoms with E-state index in [1.807, 2.05) is 18.2 Å². The summed E-state index contributed by atoms with van der Waals surface area (Å²) in [5.41, 5.74) is 0. The molecule has 1 rings (SSSR count). The molecule has 2 heteroatoms. The summed E-state index contributed by atoms with van der Waals surface area (Å²) in [6, 6.07) is 3.71. The lowest BCUT2D eigenvalue weighted by Crippen LogP contribution is -2.06. The lowest BCUT2D eigenvalue weighted by Gasteiger charge is -1.98. The third-order valence-corrected chi connectivity index (χ3v) is 1.69. The van der Waals surface area contributed by atoms with E-state index in [0.29, 0.717) is 6.42 Å². The molecule has 0 radical (unpaired) electrons. The van der Waals surface area contributed by atoms with Crippen molar-refractivity contribution >= 4 is 5.91 Å². The van der Waals surface area contributed by atoms with E-state index in [2.05, 4.69) is 6.58 Å². The average Bonchev–Trinajstić information content (AvgIpc) is 2.56. The first-order valence-electron chi connectivity index (χ1n) is 4.11. The molecule has 0 atom stereocenters. The van der Waals surface area contributed by atoms with Crippen LogP contribution in [-0.4, -0.2) is 10.5 Å². The molecule has 2 nitrogen and oxygen atoms in total. The van der Waals surface area contributed by atoms with Crippen LogP contribution in [0.2, 0.25) is 0 Å². The van der Waals surface area contributed by atoms with Crippen molar-refractivity contribution < 1.29 is 4.79 Å². The fourth-order valence-electron chi connectivity index (χ4n) is 1.03. The Morgan fingerprint density at radius 3 is 2.67 bits per heavy atom.